The number of amides is 2. The molecular formula is C36H48ClN5O3. The van der Waals surface area contributed by atoms with E-state index in [4.69, 9.17) is 16.3 Å². The van der Waals surface area contributed by atoms with Crippen LogP contribution < -0.4 is 15.4 Å². The lowest BCUT2D eigenvalue weighted by atomic mass is 9.80. The van der Waals surface area contributed by atoms with Gasteiger partial charge in [0.15, 0.2) is 0 Å². The van der Waals surface area contributed by atoms with E-state index in [1.54, 1.807) is 7.11 Å². The molecule has 242 valence electrons. The lowest BCUT2D eigenvalue weighted by Crippen LogP contribution is -2.59. The van der Waals surface area contributed by atoms with Crippen molar-refractivity contribution in [3.8, 4) is 5.75 Å². The maximum Gasteiger partial charge on any atom is 0.245 e. The standard InChI is InChI=1S/C36H48ClN5O3/c1-4-40(5-2)25-34(27-12-16-31(45-3)17-13-27)41-18-20-42(21-19-41)36(44)33(22-26-10-14-30(37)15-11-26)39-35(43)32-23-28-8-6-7-9-29(28)24-38-32/h6-17,28-29,32-34,38H,4-5,18-25H2,1-3H3,(H,39,43)/t28?,29?,32-,33-,34?/m1/s1. The van der Waals surface area contributed by atoms with Crippen molar-refractivity contribution in [1.82, 2.24) is 25.3 Å². The van der Waals surface area contributed by atoms with E-state index >= 15 is 0 Å². The molecule has 8 nitrogen and oxygen atoms in total. The van der Waals surface area contributed by atoms with E-state index in [0.29, 0.717) is 36.4 Å². The summed E-state index contributed by atoms with van der Waals surface area (Å²) in [5, 5.41) is 7.22. The van der Waals surface area contributed by atoms with Crippen LogP contribution in [0, 0.1) is 11.8 Å². The fourth-order valence-corrected chi connectivity index (χ4v) is 6.92. The van der Waals surface area contributed by atoms with Gasteiger partial charge in [-0.05, 0) is 66.7 Å². The number of benzene rings is 2. The van der Waals surface area contributed by atoms with Crippen molar-refractivity contribution in [2.45, 2.75) is 44.8 Å². The average Bonchev–Trinajstić information content (AvgIpc) is 3.09. The Morgan fingerprint density at radius 2 is 1.64 bits per heavy atom. The number of rotatable bonds is 12. The Hall–Kier alpha value is -3.17. The molecule has 2 saturated heterocycles. The number of allylic oxidation sites excluding steroid dienone is 3. The predicted octanol–water partition coefficient (Wildman–Crippen LogP) is 4.32. The second-order valence-corrected chi connectivity index (χ2v) is 12.8. The number of methoxy groups -OCH3 is 1. The van der Waals surface area contributed by atoms with E-state index < -0.39 is 6.04 Å². The molecule has 45 heavy (non-hydrogen) atoms. The van der Waals surface area contributed by atoms with Gasteiger partial charge < -0.3 is 25.2 Å². The van der Waals surface area contributed by atoms with Crippen LogP contribution in [0.3, 0.4) is 0 Å². The zero-order valence-corrected chi connectivity index (χ0v) is 27.6. The van der Waals surface area contributed by atoms with Gasteiger partial charge in [0.2, 0.25) is 11.8 Å². The molecule has 3 unspecified atom stereocenters. The Morgan fingerprint density at radius 3 is 2.29 bits per heavy atom. The van der Waals surface area contributed by atoms with Crippen molar-refractivity contribution < 1.29 is 14.3 Å². The van der Waals surface area contributed by atoms with E-state index in [2.05, 4.69) is 70.7 Å². The molecule has 2 aromatic rings. The highest BCUT2D eigenvalue weighted by atomic mass is 35.5. The topological polar surface area (TPSA) is 77.2 Å². The van der Waals surface area contributed by atoms with Gasteiger partial charge in [-0.25, -0.2) is 0 Å². The SMILES string of the molecule is CCN(CC)CC(c1ccc(OC)cc1)N1CCN(C(=O)[C@@H](Cc2ccc(Cl)cc2)NC(=O)[C@H]2CC3C=CC=CC3CN2)CC1. The average molecular weight is 634 g/mol. The summed E-state index contributed by atoms with van der Waals surface area (Å²) in [7, 11) is 1.69. The second-order valence-electron chi connectivity index (χ2n) is 12.3. The summed E-state index contributed by atoms with van der Waals surface area (Å²) in [6.45, 7) is 10.8. The maximum atomic E-state index is 14.1. The molecule has 2 aromatic carbocycles. The molecule has 0 bridgehead atoms. The maximum absolute atomic E-state index is 14.1. The monoisotopic (exact) mass is 633 g/mol. The Kier molecular flexibility index (Phi) is 11.7. The molecule has 2 fully saturated rings. The van der Waals surface area contributed by atoms with Gasteiger partial charge in [-0.2, -0.15) is 0 Å². The van der Waals surface area contributed by atoms with Crippen LogP contribution in [0.1, 0.15) is 37.4 Å². The largest absolute Gasteiger partial charge is 0.497 e. The summed E-state index contributed by atoms with van der Waals surface area (Å²) in [4.78, 5) is 34.6. The van der Waals surface area contributed by atoms with Gasteiger partial charge >= 0.3 is 0 Å². The van der Waals surface area contributed by atoms with Gasteiger partial charge in [0.1, 0.15) is 11.8 Å². The number of hydrogen-bond donors (Lipinski definition) is 2. The summed E-state index contributed by atoms with van der Waals surface area (Å²) >= 11 is 6.15. The first-order chi connectivity index (χ1) is 21.9. The van der Waals surface area contributed by atoms with Crippen LogP contribution in [0.4, 0.5) is 0 Å². The third kappa shape index (κ3) is 8.55. The minimum Gasteiger partial charge on any atom is -0.497 e. The first kappa shape index (κ1) is 33.2. The molecule has 2 amide bonds. The number of carbonyl (C=O) groups excluding carboxylic acids is 2. The molecule has 5 rings (SSSR count). The summed E-state index contributed by atoms with van der Waals surface area (Å²) in [5.41, 5.74) is 2.22. The Labute approximate surface area is 273 Å². The van der Waals surface area contributed by atoms with Crippen LogP contribution in [-0.4, -0.2) is 98.1 Å². The highest BCUT2D eigenvalue weighted by molar-refractivity contribution is 6.30. The third-order valence-electron chi connectivity index (χ3n) is 9.66. The third-order valence-corrected chi connectivity index (χ3v) is 9.91. The smallest absolute Gasteiger partial charge is 0.245 e. The Balaban J connectivity index is 1.27. The molecular weight excluding hydrogens is 586 g/mol. The van der Waals surface area contributed by atoms with Crippen molar-refractivity contribution in [2.24, 2.45) is 11.8 Å². The molecule has 3 aliphatic rings. The van der Waals surface area contributed by atoms with Crippen molar-refractivity contribution in [3.05, 3.63) is 89.0 Å². The number of fused-ring (bicyclic) bond motifs is 1. The van der Waals surface area contributed by atoms with E-state index in [-0.39, 0.29) is 23.9 Å². The number of ether oxygens (including phenoxy) is 1. The number of hydrogen-bond acceptors (Lipinski definition) is 6. The summed E-state index contributed by atoms with van der Waals surface area (Å²) in [6.07, 6.45) is 9.68. The molecule has 0 spiro atoms. The molecule has 2 heterocycles. The van der Waals surface area contributed by atoms with Crippen LogP contribution in [0.25, 0.3) is 0 Å². The van der Waals surface area contributed by atoms with Crippen LogP contribution in [0.15, 0.2) is 72.8 Å². The molecule has 0 aromatic heterocycles. The van der Waals surface area contributed by atoms with Crippen LogP contribution >= 0.6 is 11.6 Å². The van der Waals surface area contributed by atoms with Crippen molar-refractivity contribution in [2.75, 3.05) is 59.5 Å². The van der Waals surface area contributed by atoms with Gasteiger partial charge in [-0.15, -0.1) is 0 Å². The van der Waals surface area contributed by atoms with E-state index in [1.165, 1.54) is 5.56 Å². The zero-order valence-electron chi connectivity index (χ0n) is 26.8. The number of likely N-dealkylation sites (N-methyl/N-ethyl adjacent to an activating group) is 1. The molecule has 0 saturated carbocycles. The molecule has 2 N–H and O–H groups in total. The summed E-state index contributed by atoms with van der Waals surface area (Å²) < 4.78 is 5.40. The number of halogens is 1. The van der Waals surface area contributed by atoms with Crippen molar-refractivity contribution in [3.63, 3.8) is 0 Å². The fourth-order valence-electron chi connectivity index (χ4n) is 6.79. The quantitative estimate of drug-likeness (QED) is 0.363. The van der Waals surface area contributed by atoms with E-state index in [9.17, 15) is 9.59 Å². The van der Waals surface area contributed by atoms with Gasteiger partial charge in [0.05, 0.1) is 13.2 Å². The molecule has 9 heteroatoms. The van der Waals surface area contributed by atoms with Gasteiger partial charge in [-0.3, -0.25) is 14.5 Å². The van der Waals surface area contributed by atoms with Gasteiger partial charge in [-0.1, -0.05) is 74.0 Å². The van der Waals surface area contributed by atoms with Crippen LogP contribution in [-0.2, 0) is 16.0 Å². The number of nitrogens with zero attached hydrogens (tertiary/aromatic N) is 3. The Bertz CT molecular complexity index is 1320. The molecule has 5 atom stereocenters. The number of nitrogens with one attached hydrogen (secondary N) is 2. The van der Waals surface area contributed by atoms with Crippen molar-refractivity contribution in [1.29, 1.82) is 0 Å². The summed E-state index contributed by atoms with van der Waals surface area (Å²) in [5.74, 6) is 1.45. The Morgan fingerprint density at radius 1 is 0.978 bits per heavy atom. The minimum absolute atomic E-state index is 0.0307. The minimum atomic E-state index is -0.653. The first-order valence-electron chi connectivity index (χ1n) is 16.4. The number of piperidine rings is 1. The molecule has 2 aliphatic heterocycles. The van der Waals surface area contributed by atoms with Gasteiger partial charge in [0, 0.05) is 56.8 Å². The van der Waals surface area contributed by atoms with Crippen molar-refractivity contribution >= 4 is 23.4 Å². The molecule has 0 radical (unpaired) electrons. The lowest BCUT2D eigenvalue weighted by Gasteiger charge is -2.42. The number of piperazine rings is 1. The zero-order chi connectivity index (χ0) is 31.8. The number of carbonyl (C=O) groups is 2. The predicted molar refractivity (Wildman–Crippen MR) is 180 cm³/mol. The normalized spacial score (nSPS) is 23.0. The summed E-state index contributed by atoms with van der Waals surface area (Å²) in [6, 6.07) is 15.1. The highest BCUT2D eigenvalue weighted by Gasteiger charge is 2.36. The lowest BCUT2D eigenvalue weighted by molar-refractivity contribution is -0.139. The molecule has 1 aliphatic carbocycles. The van der Waals surface area contributed by atoms with E-state index in [1.807, 2.05) is 41.3 Å². The second kappa shape index (κ2) is 15.9. The first-order valence-corrected chi connectivity index (χ1v) is 16.8. The van der Waals surface area contributed by atoms with Crippen LogP contribution in [0.2, 0.25) is 5.02 Å². The van der Waals surface area contributed by atoms with E-state index in [0.717, 1.165) is 57.0 Å². The highest BCUT2D eigenvalue weighted by Crippen LogP contribution is 2.28. The van der Waals surface area contributed by atoms with Gasteiger partial charge in [0.25, 0.3) is 0 Å². The van der Waals surface area contributed by atoms with Crippen LogP contribution in [0.5, 0.6) is 5.75 Å². The fraction of sp³-hybridized carbons (Fsp3) is 0.500.